The van der Waals surface area contributed by atoms with Gasteiger partial charge in [-0.1, -0.05) is 78.0 Å². The smallest absolute Gasteiger partial charge is 0.0949 e. The molecule has 0 N–H and O–H groups in total. The Morgan fingerprint density at radius 2 is 1.55 bits per heavy atom. The van der Waals surface area contributed by atoms with Crippen LogP contribution < -0.4 is 0 Å². The quantitative estimate of drug-likeness (QED) is 0.155. The third-order valence-corrected chi connectivity index (χ3v) is 4.21. The maximum atomic E-state index is 4.35. The van der Waals surface area contributed by atoms with Crippen LogP contribution in [-0.4, -0.2) is 16.8 Å². The van der Waals surface area contributed by atoms with E-state index < -0.39 is 0 Å². The average Bonchev–Trinajstić information content (AvgIpc) is 2.52. The molecule has 2 nitrogen and oxygen atoms in total. The summed E-state index contributed by atoms with van der Waals surface area (Å²) in [5, 5.41) is 0. The van der Waals surface area contributed by atoms with Crippen LogP contribution in [0.2, 0.25) is 0 Å². The summed E-state index contributed by atoms with van der Waals surface area (Å²) in [5.41, 5.74) is 0.121. The molecule has 1 atom stereocenters. The van der Waals surface area contributed by atoms with E-state index in [0.29, 0.717) is 0 Å². The fourth-order valence-electron chi connectivity index (χ4n) is 2.70. The van der Waals surface area contributed by atoms with Crippen LogP contribution in [0.4, 0.5) is 0 Å². The van der Waals surface area contributed by atoms with Crippen molar-refractivity contribution in [3.63, 3.8) is 0 Å². The number of rotatable bonds is 14. The van der Waals surface area contributed by atoms with Gasteiger partial charge in [-0.2, -0.15) is 0 Å². The predicted octanol–water partition coefficient (Wildman–Crippen LogP) is 6.47. The number of allylic oxidation sites excluding steroid dienone is 2. The summed E-state index contributed by atoms with van der Waals surface area (Å²) in [5.74, 6) is 0. The van der Waals surface area contributed by atoms with Gasteiger partial charge >= 0.3 is 0 Å². The number of hydrogen-bond acceptors (Lipinski definition) is 1. The molecule has 2 heteroatoms. The van der Waals surface area contributed by atoms with Crippen LogP contribution in [-0.2, 0) is 0 Å². The Morgan fingerprint density at radius 1 is 0.955 bits per heavy atom. The molecule has 0 fully saturated rings. The van der Waals surface area contributed by atoms with E-state index in [1.807, 2.05) is 18.6 Å². The van der Waals surface area contributed by atoms with Gasteiger partial charge in [0.2, 0.25) is 0 Å². The van der Waals surface area contributed by atoms with E-state index in [1.165, 1.54) is 57.8 Å². The fourth-order valence-corrected chi connectivity index (χ4v) is 2.70. The van der Waals surface area contributed by atoms with Crippen molar-refractivity contribution in [3.8, 4) is 0 Å². The van der Waals surface area contributed by atoms with Gasteiger partial charge in [0.1, 0.15) is 0 Å². The van der Waals surface area contributed by atoms with Crippen LogP contribution in [0, 0.1) is 0 Å². The monoisotopic (exact) mass is 304 g/mol. The highest BCUT2D eigenvalue weighted by atomic mass is 15.2. The Hall–Kier alpha value is -1.31. The van der Waals surface area contributed by atoms with E-state index in [1.54, 1.807) is 12.3 Å². The van der Waals surface area contributed by atoms with Gasteiger partial charge in [0, 0.05) is 11.7 Å². The first-order valence-electron chi connectivity index (χ1n) is 8.86. The zero-order valence-electron chi connectivity index (χ0n) is 15.1. The summed E-state index contributed by atoms with van der Waals surface area (Å²) < 4.78 is 0. The molecule has 0 aromatic carbocycles. The number of hydrogen-bond donors (Lipinski definition) is 0. The molecule has 0 radical (unpaired) electrons. The number of nitrogens with zero attached hydrogens (tertiary/aromatic N) is 2. The van der Waals surface area contributed by atoms with E-state index in [0.717, 1.165) is 0 Å². The Labute approximate surface area is 138 Å². The molecule has 0 saturated carbocycles. The molecule has 126 valence electrons. The Bertz CT molecular complexity index is 344. The average molecular weight is 305 g/mol. The van der Waals surface area contributed by atoms with Crippen molar-refractivity contribution in [2.24, 2.45) is 4.99 Å². The molecule has 0 bridgehead atoms. The van der Waals surface area contributed by atoms with Gasteiger partial charge in [0.15, 0.2) is 0 Å². The van der Waals surface area contributed by atoms with Crippen molar-refractivity contribution in [3.05, 3.63) is 37.7 Å². The summed E-state index contributed by atoms with van der Waals surface area (Å²) in [6.07, 6.45) is 20.6. The van der Waals surface area contributed by atoms with Gasteiger partial charge in [-0.3, -0.25) is 0 Å². The van der Waals surface area contributed by atoms with Crippen molar-refractivity contribution >= 4 is 6.34 Å². The first-order chi connectivity index (χ1) is 10.6. The van der Waals surface area contributed by atoms with Crippen LogP contribution in [0.3, 0.4) is 0 Å². The number of aliphatic imine (C=N–C) groups is 1. The summed E-state index contributed by atoms with van der Waals surface area (Å²) in [6, 6.07) is 0. The second-order valence-corrected chi connectivity index (χ2v) is 6.20. The van der Waals surface area contributed by atoms with Crippen LogP contribution in [0.1, 0.15) is 78.6 Å². The highest BCUT2D eigenvalue weighted by molar-refractivity contribution is 5.58. The van der Waals surface area contributed by atoms with Crippen LogP contribution in [0.25, 0.3) is 0 Å². The highest BCUT2D eigenvalue weighted by Gasteiger charge is 2.27. The standard InChI is InChI=1S/C20H36N2/c1-6-10-13-15-17-20(5,16-14-11-7-2)22(9-4)19-21-18-12-8-3/h8-9,12,18-19H,3-4,6-7,10-11,13-17H2,1-2,5H3/b18-12-,21-19?. The van der Waals surface area contributed by atoms with Crippen LogP contribution in [0.5, 0.6) is 0 Å². The zero-order chi connectivity index (χ0) is 16.7. The molecule has 0 rings (SSSR count). The largest absolute Gasteiger partial charge is 0.334 e. The number of unbranched alkanes of at least 4 members (excludes halogenated alkanes) is 5. The molecule has 0 aromatic rings. The molecule has 0 aliphatic heterocycles. The Balaban J connectivity index is 4.80. The first-order valence-corrected chi connectivity index (χ1v) is 8.86. The second kappa shape index (κ2) is 13.4. The lowest BCUT2D eigenvalue weighted by Crippen LogP contribution is -2.42. The maximum Gasteiger partial charge on any atom is 0.0949 e. The second-order valence-electron chi connectivity index (χ2n) is 6.20. The van der Waals surface area contributed by atoms with Gasteiger partial charge in [0.05, 0.1) is 6.34 Å². The lowest BCUT2D eigenvalue weighted by molar-refractivity contribution is 0.211. The highest BCUT2D eigenvalue weighted by Crippen LogP contribution is 2.28. The third kappa shape index (κ3) is 8.86. The van der Waals surface area contributed by atoms with Gasteiger partial charge in [0.25, 0.3) is 0 Å². The molecule has 1 unspecified atom stereocenters. The van der Waals surface area contributed by atoms with Crippen molar-refractivity contribution in [1.29, 1.82) is 0 Å². The fraction of sp³-hybridized carbons (Fsp3) is 0.650. The summed E-state index contributed by atoms with van der Waals surface area (Å²) >= 11 is 0. The molecular formula is C20H36N2. The lowest BCUT2D eigenvalue weighted by atomic mass is 9.87. The van der Waals surface area contributed by atoms with E-state index in [9.17, 15) is 0 Å². The van der Waals surface area contributed by atoms with Crippen LogP contribution >= 0.6 is 0 Å². The predicted molar refractivity (Wildman–Crippen MR) is 101 cm³/mol. The van der Waals surface area contributed by atoms with Gasteiger partial charge in [-0.15, -0.1) is 0 Å². The molecule has 22 heavy (non-hydrogen) atoms. The van der Waals surface area contributed by atoms with Crippen molar-refractivity contribution in [2.75, 3.05) is 0 Å². The molecule has 0 heterocycles. The molecule has 0 aliphatic rings. The Kier molecular flexibility index (Phi) is 12.6. The minimum atomic E-state index is 0.121. The minimum absolute atomic E-state index is 0.121. The molecule has 0 amide bonds. The third-order valence-electron chi connectivity index (χ3n) is 4.21. The molecular weight excluding hydrogens is 268 g/mol. The molecule has 0 aliphatic carbocycles. The van der Waals surface area contributed by atoms with Crippen molar-refractivity contribution < 1.29 is 0 Å². The summed E-state index contributed by atoms with van der Waals surface area (Å²) in [7, 11) is 0. The SMILES string of the molecule is C=C/C=C\N=CN(C=C)C(C)(CCCCC)CCCCCC. The molecule has 0 saturated heterocycles. The van der Waals surface area contributed by atoms with Crippen molar-refractivity contribution in [1.82, 2.24) is 4.90 Å². The Morgan fingerprint density at radius 3 is 2.09 bits per heavy atom. The van der Waals surface area contributed by atoms with E-state index in [-0.39, 0.29) is 5.54 Å². The minimum Gasteiger partial charge on any atom is -0.334 e. The molecule has 0 spiro atoms. The normalized spacial score (nSPS) is 14.3. The first kappa shape index (κ1) is 20.7. The van der Waals surface area contributed by atoms with Crippen LogP contribution in [0.15, 0.2) is 42.7 Å². The van der Waals surface area contributed by atoms with E-state index in [2.05, 4.69) is 43.8 Å². The lowest BCUT2D eigenvalue weighted by Gasteiger charge is -2.38. The van der Waals surface area contributed by atoms with Crippen molar-refractivity contribution in [2.45, 2.75) is 84.1 Å². The van der Waals surface area contributed by atoms with Gasteiger partial charge in [-0.25, -0.2) is 4.99 Å². The van der Waals surface area contributed by atoms with Gasteiger partial charge < -0.3 is 4.90 Å². The maximum absolute atomic E-state index is 4.35. The summed E-state index contributed by atoms with van der Waals surface area (Å²) in [4.78, 5) is 6.55. The zero-order valence-corrected chi connectivity index (χ0v) is 15.1. The van der Waals surface area contributed by atoms with E-state index >= 15 is 0 Å². The molecule has 0 aromatic heterocycles. The summed E-state index contributed by atoms with van der Waals surface area (Å²) in [6.45, 7) is 14.5. The van der Waals surface area contributed by atoms with Gasteiger partial charge in [-0.05, 0) is 32.0 Å². The topological polar surface area (TPSA) is 15.6 Å². The van der Waals surface area contributed by atoms with E-state index in [4.69, 9.17) is 0 Å².